The van der Waals surface area contributed by atoms with Crippen LogP contribution in [-0.4, -0.2) is 22.1 Å². The van der Waals surface area contributed by atoms with Crippen LogP contribution in [0.25, 0.3) is 10.6 Å². The minimum Gasteiger partial charge on any atom is -0.328 e. The van der Waals surface area contributed by atoms with Gasteiger partial charge in [-0.05, 0) is 31.4 Å². The maximum absolute atomic E-state index is 12.1. The first-order chi connectivity index (χ1) is 10.1. The van der Waals surface area contributed by atoms with Gasteiger partial charge >= 0.3 is 0 Å². The minimum absolute atomic E-state index is 0. The molecule has 0 radical (unpaired) electrons. The average Bonchev–Trinajstić information content (AvgIpc) is 3.08. The fraction of sp³-hybridized carbons (Fsp3) is 0.357. The van der Waals surface area contributed by atoms with Crippen molar-refractivity contribution in [3.8, 4) is 10.6 Å². The van der Waals surface area contributed by atoms with E-state index < -0.39 is 0 Å². The van der Waals surface area contributed by atoms with Crippen molar-refractivity contribution in [3.05, 3.63) is 29.3 Å². The molecule has 1 amide bonds. The Kier molecular flexibility index (Phi) is 5.74. The zero-order valence-corrected chi connectivity index (χ0v) is 14.0. The van der Waals surface area contributed by atoms with Gasteiger partial charge in [0.1, 0.15) is 5.01 Å². The maximum atomic E-state index is 12.1. The second-order valence-electron chi connectivity index (χ2n) is 5.18. The number of nitrogens with two attached hydrogens (primary N) is 1. The van der Waals surface area contributed by atoms with Crippen LogP contribution < -0.4 is 11.1 Å². The molecule has 1 fully saturated rings. The number of nitrogens with zero attached hydrogens (tertiary/aromatic N) is 2. The molecule has 2 aromatic rings. The van der Waals surface area contributed by atoms with Crippen molar-refractivity contribution < 1.29 is 4.79 Å². The molecule has 5 nitrogen and oxygen atoms in total. The molecular weight excluding hydrogens is 343 g/mol. The van der Waals surface area contributed by atoms with Crippen molar-refractivity contribution in [2.45, 2.75) is 25.3 Å². The number of rotatable bonds is 3. The van der Waals surface area contributed by atoms with Gasteiger partial charge in [-0.2, -0.15) is 0 Å². The molecule has 1 heterocycles. The Morgan fingerprint density at radius 1 is 1.36 bits per heavy atom. The van der Waals surface area contributed by atoms with Crippen LogP contribution in [0.1, 0.15) is 19.3 Å². The van der Waals surface area contributed by atoms with E-state index in [0.717, 1.165) is 29.8 Å². The summed E-state index contributed by atoms with van der Waals surface area (Å²) in [6.45, 7) is 0. The molecule has 1 aliphatic carbocycles. The standard InChI is InChI=1S/C14H15ClN4OS.ClH/c15-10-3-1-2-9(6-10)13-18-19-14(21-13)17-12(20)8-4-5-11(16)7-8;/h1-3,6,8,11H,4-5,7,16H2,(H,17,19,20);1H. The summed E-state index contributed by atoms with van der Waals surface area (Å²) in [5.74, 6) is -0.0322. The maximum Gasteiger partial charge on any atom is 0.229 e. The highest BCUT2D eigenvalue weighted by Gasteiger charge is 2.28. The normalized spacial score (nSPS) is 20.5. The van der Waals surface area contributed by atoms with Crippen LogP contribution in [0.5, 0.6) is 0 Å². The first-order valence-corrected chi connectivity index (χ1v) is 7.97. The predicted molar refractivity (Wildman–Crippen MR) is 91.5 cm³/mol. The van der Waals surface area contributed by atoms with Gasteiger partial charge < -0.3 is 11.1 Å². The Bertz CT molecular complexity index is 664. The number of aromatic nitrogens is 2. The fourth-order valence-corrected chi connectivity index (χ4v) is 3.41. The van der Waals surface area contributed by atoms with E-state index in [1.807, 2.05) is 18.2 Å². The van der Waals surface area contributed by atoms with Crippen LogP contribution in [0.2, 0.25) is 5.02 Å². The Morgan fingerprint density at radius 3 is 2.86 bits per heavy atom. The van der Waals surface area contributed by atoms with E-state index in [1.54, 1.807) is 6.07 Å². The van der Waals surface area contributed by atoms with Crippen LogP contribution >= 0.6 is 35.3 Å². The van der Waals surface area contributed by atoms with Gasteiger partial charge in [0, 0.05) is 22.5 Å². The van der Waals surface area contributed by atoms with E-state index in [0.29, 0.717) is 10.2 Å². The van der Waals surface area contributed by atoms with Crippen molar-refractivity contribution in [3.63, 3.8) is 0 Å². The molecular formula is C14H16Cl2N4OS. The molecule has 1 aliphatic rings. The van der Waals surface area contributed by atoms with E-state index >= 15 is 0 Å². The third-order valence-electron chi connectivity index (χ3n) is 3.57. The van der Waals surface area contributed by atoms with Crippen molar-refractivity contribution in [2.75, 3.05) is 5.32 Å². The Labute approximate surface area is 143 Å². The number of hydrogen-bond donors (Lipinski definition) is 2. The van der Waals surface area contributed by atoms with Crippen molar-refractivity contribution in [1.29, 1.82) is 0 Å². The Hall–Kier alpha value is -1.21. The van der Waals surface area contributed by atoms with Gasteiger partial charge in [0.05, 0.1) is 0 Å². The molecule has 118 valence electrons. The van der Waals surface area contributed by atoms with Gasteiger partial charge in [-0.25, -0.2) is 0 Å². The smallest absolute Gasteiger partial charge is 0.229 e. The lowest BCUT2D eigenvalue weighted by molar-refractivity contribution is -0.119. The third kappa shape index (κ3) is 3.95. The molecule has 1 aromatic carbocycles. The second kappa shape index (κ2) is 7.37. The SMILES string of the molecule is Cl.NC1CCC(C(=O)Nc2nnc(-c3cccc(Cl)c3)s2)C1. The number of benzene rings is 1. The van der Waals surface area contributed by atoms with E-state index in [1.165, 1.54) is 11.3 Å². The topological polar surface area (TPSA) is 80.9 Å². The molecule has 0 aliphatic heterocycles. The van der Waals surface area contributed by atoms with Gasteiger partial charge in [0.2, 0.25) is 11.0 Å². The summed E-state index contributed by atoms with van der Waals surface area (Å²) >= 11 is 7.30. The highest BCUT2D eigenvalue weighted by molar-refractivity contribution is 7.18. The molecule has 2 atom stereocenters. The van der Waals surface area contributed by atoms with Gasteiger partial charge in [0.25, 0.3) is 0 Å². The zero-order valence-electron chi connectivity index (χ0n) is 11.7. The lowest BCUT2D eigenvalue weighted by atomic mass is 10.1. The molecule has 22 heavy (non-hydrogen) atoms. The van der Waals surface area contributed by atoms with Gasteiger partial charge in [-0.3, -0.25) is 4.79 Å². The largest absolute Gasteiger partial charge is 0.328 e. The predicted octanol–water partition coefficient (Wildman–Crippen LogP) is 3.35. The molecule has 2 unspecified atom stereocenters. The van der Waals surface area contributed by atoms with Crippen molar-refractivity contribution in [2.24, 2.45) is 11.7 Å². The summed E-state index contributed by atoms with van der Waals surface area (Å²) < 4.78 is 0. The number of halogens is 2. The number of hydrogen-bond acceptors (Lipinski definition) is 5. The number of anilines is 1. The number of carbonyl (C=O) groups excluding carboxylic acids is 1. The molecule has 1 saturated carbocycles. The number of carbonyl (C=O) groups is 1. The summed E-state index contributed by atoms with van der Waals surface area (Å²) in [6, 6.07) is 7.53. The zero-order chi connectivity index (χ0) is 14.8. The molecule has 3 N–H and O–H groups in total. The average molecular weight is 359 g/mol. The molecule has 0 bridgehead atoms. The van der Waals surface area contributed by atoms with Gasteiger partial charge in [-0.15, -0.1) is 22.6 Å². The van der Waals surface area contributed by atoms with Crippen molar-refractivity contribution in [1.82, 2.24) is 10.2 Å². The lowest BCUT2D eigenvalue weighted by Gasteiger charge is -2.07. The monoisotopic (exact) mass is 358 g/mol. The van der Waals surface area contributed by atoms with E-state index in [9.17, 15) is 4.79 Å². The quantitative estimate of drug-likeness (QED) is 0.881. The Balaban J connectivity index is 0.00000176. The first-order valence-electron chi connectivity index (χ1n) is 6.77. The summed E-state index contributed by atoms with van der Waals surface area (Å²) in [7, 11) is 0. The minimum atomic E-state index is -0.0169. The summed E-state index contributed by atoms with van der Waals surface area (Å²) in [4.78, 5) is 12.1. The van der Waals surface area contributed by atoms with Crippen molar-refractivity contribution >= 4 is 46.4 Å². The summed E-state index contributed by atoms with van der Waals surface area (Å²) in [6.07, 6.45) is 2.49. The third-order valence-corrected chi connectivity index (χ3v) is 4.69. The van der Waals surface area contributed by atoms with Gasteiger partial charge in [-0.1, -0.05) is 35.1 Å². The molecule has 0 saturated heterocycles. The highest BCUT2D eigenvalue weighted by Crippen LogP contribution is 2.30. The van der Waals surface area contributed by atoms with E-state index in [2.05, 4.69) is 15.5 Å². The van der Waals surface area contributed by atoms with Crippen LogP contribution in [-0.2, 0) is 4.79 Å². The molecule has 3 rings (SSSR count). The highest BCUT2D eigenvalue weighted by atomic mass is 35.5. The van der Waals surface area contributed by atoms with E-state index in [-0.39, 0.29) is 30.3 Å². The van der Waals surface area contributed by atoms with Crippen LogP contribution in [0.15, 0.2) is 24.3 Å². The molecule has 8 heteroatoms. The van der Waals surface area contributed by atoms with Crippen LogP contribution in [0, 0.1) is 5.92 Å². The fourth-order valence-electron chi connectivity index (χ4n) is 2.47. The van der Waals surface area contributed by atoms with E-state index in [4.69, 9.17) is 17.3 Å². The summed E-state index contributed by atoms with van der Waals surface area (Å²) in [5.41, 5.74) is 6.72. The number of nitrogens with one attached hydrogen (secondary N) is 1. The van der Waals surface area contributed by atoms with Crippen LogP contribution in [0.3, 0.4) is 0 Å². The number of amides is 1. The molecule has 1 aromatic heterocycles. The first kappa shape index (κ1) is 17.1. The lowest BCUT2D eigenvalue weighted by Crippen LogP contribution is -2.23. The summed E-state index contributed by atoms with van der Waals surface area (Å²) in [5, 5.41) is 12.8. The Morgan fingerprint density at radius 2 is 2.18 bits per heavy atom. The van der Waals surface area contributed by atoms with Crippen LogP contribution in [0.4, 0.5) is 5.13 Å². The van der Waals surface area contributed by atoms with Gasteiger partial charge in [0.15, 0.2) is 0 Å². The second-order valence-corrected chi connectivity index (χ2v) is 6.60. The molecule has 0 spiro atoms.